The van der Waals surface area contributed by atoms with Crippen LogP contribution in [0.3, 0.4) is 0 Å². The molecule has 0 aliphatic carbocycles. The van der Waals surface area contributed by atoms with E-state index in [1.54, 1.807) is 0 Å². The molecular formula is C19H25N. The van der Waals surface area contributed by atoms with Gasteiger partial charge in [-0.05, 0) is 86.2 Å². The van der Waals surface area contributed by atoms with E-state index in [1.165, 1.54) is 44.5 Å². The lowest BCUT2D eigenvalue weighted by molar-refractivity contribution is 0.817. The Bertz CT molecular complexity index is 612. The normalized spacial score (nSPS) is 10.9. The molecule has 0 spiro atoms. The molecule has 0 unspecified atom stereocenters. The first-order valence-electron chi connectivity index (χ1n) is 7.27. The second-order valence-corrected chi connectivity index (χ2v) is 5.81. The van der Waals surface area contributed by atoms with Crippen LogP contribution in [0.2, 0.25) is 0 Å². The Hall–Kier alpha value is -1.60. The van der Waals surface area contributed by atoms with Gasteiger partial charge in [-0.1, -0.05) is 24.3 Å². The molecule has 0 radical (unpaired) electrons. The average molecular weight is 267 g/mol. The second-order valence-electron chi connectivity index (χ2n) is 5.81. The molecule has 0 heterocycles. The lowest BCUT2D eigenvalue weighted by Crippen LogP contribution is -2.05. The first-order valence-corrected chi connectivity index (χ1v) is 7.27. The summed E-state index contributed by atoms with van der Waals surface area (Å²) in [6, 6.07) is 9.09. The predicted octanol–water partition coefficient (Wildman–Crippen LogP) is 4.62. The Morgan fingerprint density at radius 2 is 1.40 bits per heavy atom. The molecule has 0 saturated carbocycles. The van der Waals surface area contributed by atoms with E-state index in [0.29, 0.717) is 0 Å². The molecule has 0 saturated heterocycles. The van der Waals surface area contributed by atoms with Gasteiger partial charge in [0.25, 0.3) is 0 Å². The van der Waals surface area contributed by atoms with E-state index in [2.05, 4.69) is 64.2 Å². The van der Waals surface area contributed by atoms with Crippen molar-refractivity contribution in [1.29, 1.82) is 0 Å². The zero-order chi connectivity index (χ0) is 14.9. The summed E-state index contributed by atoms with van der Waals surface area (Å²) in [7, 11) is 1.99. The fraction of sp³-hybridized carbons (Fsp3) is 0.368. The van der Waals surface area contributed by atoms with Crippen LogP contribution >= 0.6 is 0 Å². The largest absolute Gasteiger partial charge is 0.316 e. The Morgan fingerprint density at radius 3 is 1.90 bits per heavy atom. The SMILES string of the molecule is CNCc1ccc(-c2c(C)c(C)cc(C)c2C)c(C)c1. The van der Waals surface area contributed by atoms with E-state index < -0.39 is 0 Å². The molecule has 1 N–H and O–H groups in total. The zero-order valence-electron chi connectivity index (χ0n) is 13.5. The van der Waals surface area contributed by atoms with Crippen LogP contribution in [-0.4, -0.2) is 7.05 Å². The minimum Gasteiger partial charge on any atom is -0.316 e. The summed E-state index contributed by atoms with van der Waals surface area (Å²) in [6.45, 7) is 12.0. The molecule has 0 aliphatic rings. The van der Waals surface area contributed by atoms with E-state index in [4.69, 9.17) is 0 Å². The van der Waals surface area contributed by atoms with Gasteiger partial charge in [0.1, 0.15) is 0 Å². The molecule has 2 rings (SSSR count). The van der Waals surface area contributed by atoms with E-state index in [-0.39, 0.29) is 0 Å². The van der Waals surface area contributed by atoms with Crippen LogP contribution in [0.5, 0.6) is 0 Å². The monoisotopic (exact) mass is 267 g/mol. The maximum atomic E-state index is 3.21. The fourth-order valence-electron chi connectivity index (χ4n) is 2.94. The highest BCUT2D eigenvalue weighted by atomic mass is 14.8. The summed E-state index contributed by atoms with van der Waals surface area (Å²) < 4.78 is 0. The van der Waals surface area contributed by atoms with Gasteiger partial charge >= 0.3 is 0 Å². The highest BCUT2D eigenvalue weighted by molar-refractivity contribution is 5.76. The van der Waals surface area contributed by atoms with Crippen LogP contribution < -0.4 is 5.32 Å². The van der Waals surface area contributed by atoms with Crippen LogP contribution in [0.25, 0.3) is 11.1 Å². The molecule has 1 nitrogen and oxygen atoms in total. The van der Waals surface area contributed by atoms with Crippen LogP contribution in [0.4, 0.5) is 0 Å². The summed E-state index contributed by atoms with van der Waals surface area (Å²) in [6.07, 6.45) is 0. The number of aryl methyl sites for hydroxylation is 3. The summed E-state index contributed by atoms with van der Waals surface area (Å²) in [5.74, 6) is 0. The molecular weight excluding hydrogens is 242 g/mol. The van der Waals surface area contributed by atoms with Gasteiger partial charge in [0.15, 0.2) is 0 Å². The third-order valence-electron chi connectivity index (χ3n) is 4.31. The van der Waals surface area contributed by atoms with Crippen LogP contribution in [0.1, 0.15) is 33.4 Å². The fourth-order valence-corrected chi connectivity index (χ4v) is 2.94. The van der Waals surface area contributed by atoms with E-state index >= 15 is 0 Å². The molecule has 0 atom stereocenters. The highest BCUT2D eigenvalue weighted by Crippen LogP contribution is 2.33. The molecule has 0 amide bonds. The summed E-state index contributed by atoms with van der Waals surface area (Å²) in [4.78, 5) is 0. The van der Waals surface area contributed by atoms with Gasteiger partial charge in [-0.3, -0.25) is 0 Å². The van der Waals surface area contributed by atoms with Crippen molar-refractivity contribution >= 4 is 0 Å². The van der Waals surface area contributed by atoms with Crippen molar-refractivity contribution in [1.82, 2.24) is 5.32 Å². The van der Waals surface area contributed by atoms with Crippen LogP contribution in [0, 0.1) is 34.6 Å². The van der Waals surface area contributed by atoms with Gasteiger partial charge in [-0.25, -0.2) is 0 Å². The number of rotatable bonds is 3. The standard InChI is InChI=1S/C19H25N/c1-12-9-13(2)16(5)19(15(12)4)18-8-7-17(11-20-6)10-14(18)3/h7-10,20H,11H2,1-6H3. The van der Waals surface area contributed by atoms with Gasteiger partial charge in [-0.2, -0.15) is 0 Å². The van der Waals surface area contributed by atoms with E-state index in [0.717, 1.165) is 6.54 Å². The number of nitrogens with one attached hydrogen (secondary N) is 1. The van der Waals surface area contributed by atoms with Crippen molar-refractivity contribution in [2.75, 3.05) is 7.05 Å². The molecule has 0 aromatic heterocycles. The van der Waals surface area contributed by atoms with Gasteiger partial charge in [-0.15, -0.1) is 0 Å². The van der Waals surface area contributed by atoms with Crippen molar-refractivity contribution < 1.29 is 0 Å². The van der Waals surface area contributed by atoms with Crippen molar-refractivity contribution in [2.24, 2.45) is 0 Å². The summed E-state index contributed by atoms with van der Waals surface area (Å²) in [5, 5.41) is 3.21. The van der Waals surface area contributed by atoms with E-state index in [9.17, 15) is 0 Å². The first kappa shape index (κ1) is 14.8. The number of hydrogen-bond acceptors (Lipinski definition) is 1. The van der Waals surface area contributed by atoms with Crippen molar-refractivity contribution in [3.63, 3.8) is 0 Å². The lowest BCUT2D eigenvalue weighted by atomic mass is 9.87. The smallest absolute Gasteiger partial charge is 0.0202 e. The first-order chi connectivity index (χ1) is 9.45. The average Bonchev–Trinajstić information content (AvgIpc) is 2.39. The van der Waals surface area contributed by atoms with Crippen molar-refractivity contribution in [3.05, 3.63) is 57.6 Å². The Labute approximate surface area is 123 Å². The topological polar surface area (TPSA) is 12.0 Å². The van der Waals surface area contributed by atoms with Crippen molar-refractivity contribution in [2.45, 2.75) is 41.2 Å². The third kappa shape index (κ3) is 2.64. The molecule has 0 fully saturated rings. The molecule has 2 aromatic rings. The second kappa shape index (κ2) is 5.80. The summed E-state index contributed by atoms with van der Waals surface area (Å²) in [5.41, 5.74) is 11.0. The van der Waals surface area contributed by atoms with Gasteiger partial charge in [0.05, 0.1) is 0 Å². The maximum Gasteiger partial charge on any atom is 0.0202 e. The van der Waals surface area contributed by atoms with E-state index in [1.807, 2.05) is 7.05 Å². The van der Waals surface area contributed by atoms with Gasteiger partial charge < -0.3 is 5.32 Å². The quantitative estimate of drug-likeness (QED) is 0.856. The third-order valence-corrected chi connectivity index (χ3v) is 4.31. The van der Waals surface area contributed by atoms with Crippen LogP contribution in [-0.2, 0) is 6.54 Å². The Balaban J connectivity index is 2.63. The molecule has 20 heavy (non-hydrogen) atoms. The molecule has 1 heteroatoms. The lowest BCUT2D eigenvalue weighted by Gasteiger charge is -2.18. The predicted molar refractivity (Wildman–Crippen MR) is 88.3 cm³/mol. The minimum atomic E-state index is 0.923. The minimum absolute atomic E-state index is 0.923. The molecule has 0 bridgehead atoms. The van der Waals surface area contributed by atoms with Crippen LogP contribution in [0.15, 0.2) is 24.3 Å². The highest BCUT2D eigenvalue weighted by Gasteiger charge is 2.12. The van der Waals surface area contributed by atoms with Gasteiger partial charge in [0, 0.05) is 6.54 Å². The Kier molecular flexibility index (Phi) is 4.29. The van der Waals surface area contributed by atoms with Crippen molar-refractivity contribution in [3.8, 4) is 11.1 Å². The maximum absolute atomic E-state index is 3.21. The summed E-state index contributed by atoms with van der Waals surface area (Å²) >= 11 is 0. The number of benzene rings is 2. The molecule has 0 aliphatic heterocycles. The zero-order valence-corrected chi connectivity index (χ0v) is 13.5. The molecule has 2 aromatic carbocycles. The number of hydrogen-bond donors (Lipinski definition) is 1. The van der Waals surface area contributed by atoms with Gasteiger partial charge in [0.2, 0.25) is 0 Å². The Morgan fingerprint density at radius 1 is 0.800 bits per heavy atom. The molecule has 106 valence electrons.